The highest BCUT2D eigenvalue weighted by atomic mass is 19.4. The average molecular weight is 671 g/mol. The first-order valence-electron chi connectivity index (χ1n) is 15.3. The lowest BCUT2D eigenvalue weighted by atomic mass is 10.1. The summed E-state index contributed by atoms with van der Waals surface area (Å²) in [4.78, 5) is 28.9. The van der Waals surface area contributed by atoms with E-state index in [-0.39, 0.29) is 35.6 Å². The fraction of sp³-hybridized carbons (Fsp3) is 0.324. The van der Waals surface area contributed by atoms with Gasteiger partial charge in [-0.15, -0.1) is 0 Å². The zero-order chi connectivity index (χ0) is 34.3. The first-order valence-corrected chi connectivity index (χ1v) is 15.3. The Hall–Kier alpha value is -5.11. The molecule has 0 aliphatic heterocycles. The van der Waals surface area contributed by atoms with Crippen LogP contribution in [0.3, 0.4) is 0 Å². The molecule has 0 saturated heterocycles. The first kappa shape index (κ1) is 34.2. The molecule has 10 nitrogen and oxygen atoms in total. The molecule has 5 rings (SSSR count). The first-order chi connectivity index (χ1) is 23.0. The number of fused-ring (bicyclic) bond motifs is 1. The predicted molar refractivity (Wildman–Crippen MR) is 170 cm³/mol. The summed E-state index contributed by atoms with van der Waals surface area (Å²) in [5.74, 6) is -0.261. The van der Waals surface area contributed by atoms with Crippen LogP contribution in [0.15, 0.2) is 66.9 Å². The third kappa shape index (κ3) is 8.82. The van der Waals surface area contributed by atoms with E-state index < -0.39 is 35.6 Å². The van der Waals surface area contributed by atoms with Gasteiger partial charge in [0.1, 0.15) is 17.9 Å². The smallest absolute Gasteiger partial charge is 0.416 e. The molecule has 3 aromatic carbocycles. The lowest BCUT2D eigenvalue weighted by molar-refractivity contribution is -0.150. The molecule has 254 valence electrons. The fourth-order valence-corrected chi connectivity index (χ4v) is 5.17. The van der Waals surface area contributed by atoms with Crippen LogP contribution in [-0.4, -0.2) is 42.8 Å². The summed E-state index contributed by atoms with van der Waals surface area (Å²) in [5, 5.41) is 5.33. The number of urea groups is 1. The number of hydrogen-bond acceptors (Lipinski definition) is 8. The number of alkyl halides is 3. The normalized spacial score (nSPS) is 14.0. The Kier molecular flexibility index (Phi) is 10.8. The Labute approximate surface area is 273 Å². The van der Waals surface area contributed by atoms with Gasteiger partial charge in [-0.1, -0.05) is 0 Å². The minimum absolute atomic E-state index is 0.0413. The lowest BCUT2D eigenvalue weighted by Crippen LogP contribution is -2.34. The van der Waals surface area contributed by atoms with Gasteiger partial charge in [0.25, 0.3) is 0 Å². The Bertz CT molecular complexity index is 1750. The van der Waals surface area contributed by atoms with Gasteiger partial charge in [-0.3, -0.25) is 9.78 Å². The van der Waals surface area contributed by atoms with Gasteiger partial charge in [-0.2, -0.15) is 13.2 Å². The Morgan fingerprint density at radius 3 is 2.33 bits per heavy atom. The molecule has 0 bridgehead atoms. The standard InChI is InChI=1S/C34H34F4N4O6/c1-45-30-18-24-27(19-31(30)46-16-4-7-26(39)32(43)47-23-5-2-3-6-23)40-15-14-28(24)48-29-13-12-22(17-25(29)35)42-33(44)41-21-10-8-20(9-11-21)34(36,37)38/h8-15,17-19,23,26H,2-7,16,39H2,1H3,(H2,41,42,44)/t26-/m0/s1. The van der Waals surface area contributed by atoms with Crippen LogP contribution in [0.4, 0.5) is 33.7 Å². The topological polar surface area (TPSA) is 134 Å². The van der Waals surface area contributed by atoms with Crippen LogP contribution < -0.4 is 30.6 Å². The highest BCUT2D eigenvalue weighted by Gasteiger charge is 2.30. The molecule has 4 N–H and O–H groups in total. The van der Waals surface area contributed by atoms with E-state index in [1.165, 1.54) is 25.4 Å². The molecule has 0 unspecified atom stereocenters. The molecule has 1 aliphatic carbocycles. The zero-order valence-corrected chi connectivity index (χ0v) is 25.9. The van der Waals surface area contributed by atoms with E-state index in [4.69, 9.17) is 24.7 Å². The molecule has 1 atom stereocenters. The number of anilines is 2. The van der Waals surface area contributed by atoms with E-state index in [0.717, 1.165) is 56.0 Å². The number of halogens is 4. The number of ether oxygens (including phenoxy) is 4. The van der Waals surface area contributed by atoms with Crippen molar-refractivity contribution < 1.29 is 46.1 Å². The number of benzene rings is 3. The molecule has 1 fully saturated rings. The van der Waals surface area contributed by atoms with E-state index in [0.29, 0.717) is 35.2 Å². The second kappa shape index (κ2) is 15.2. The Morgan fingerprint density at radius 2 is 1.65 bits per heavy atom. The number of amides is 2. The summed E-state index contributed by atoms with van der Waals surface area (Å²) in [6.45, 7) is 0.260. The molecule has 4 aromatic rings. The van der Waals surface area contributed by atoms with Crippen molar-refractivity contribution in [3.8, 4) is 23.0 Å². The number of methoxy groups -OCH3 is 1. The summed E-state index contributed by atoms with van der Waals surface area (Å²) in [5.41, 5.74) is 5.85. The SMILES string of the molecule is COc1cc2c(Oc3ccc(NC(=O)Nc4ccc(C(F)(F)F)cc4)cc3F)ccnc2cc1OCCC[C@H](N)C(=O)OC1CCCC1. The van der Waals surface area contributed by atoms with Gasteiger partial charge < -0.3 is 35.3 Å². The van der Waals surface area contributed by atoms with E-state index in [1.807, 2.05) is 0 Å². The van der Waals surface area contributed by atoms with Crippen LogP contribution in [0.5, 0.6) is 23.0 Å². The summed E-state index contributed by atoms with van der Waals surface area (Å²) in [6.07, 6.45) is 1.70. The summed E-state index contributed by atoms with van der Waals surface area (Å²) >= 11 is 0. The average Bonchev–Trinajstić information content (AvgIpc) is 3.57. The quantitative estimate of drug-likeness (QED) is 0.0790. The maximum absolute atomic E-state index is 15.1. The third-order valence-electron chi connectivity index (χ3n) is 7.67. The number of nitrogens with one attached hydrogen (secondary N) is 2. The summed E-state index contributed by atoms with van der Waals surface area (Å²) < 4.78 is 76.1. The van der Waals surface area contributed by atoms with Gasteiger partial charge in [0, 0.05) is 35.1 Å². The highest BCUT2D eigenvalue weighted by molar-refractivity contribution is 5.99. The van der Waals surface area contributed by atoms with Crippen molar-refractivity contribution in [2.75, 3.05) is 24.4 Å². The molecule has 1 heterocycles. The number of carbonyl (C=O) groups excluding carboxylic acids is 2. The Morgan fingerprint density at radius 1 is 0.938 bits per heavy atom. The van der Waals surface area contributed by atoms with Crippen molar-refractivity contribution in [2.45, 2.75) is 56.8 Å². The van der Waals surface area contributed by atoms with Gasteiger partial charge in [0.2, 0.25) is 0 Å². The number of nitrogens with two attached hydrogens (primary N) is 1. The van der Waals surface area contributed by atoms with Crippen molar-refractivity contribution in [1.82, 2.24) is 4.98 Å². The van der Waals surface area contributed by atoms with Crippen molar-refractivity contribution >= 4 is 34.3 Å². The molecule has 2 amide bonds. The molecular formula is C34H34F4N4O6. The summed E-state index contributed by atoms with van der Waals surface area (Å²) in [7, 11) is 1.47. The van der Waals surface area contributed by atoms with Crippen LogP contribution in [0.25, 0.3) is 10.9 Å². The van der Waals surface area contributed by atoms with E-state index in [9.17, 15) is 22.8 Å². The van der Waals surface area contributed by atoms with Crippen molar-refractivity contribution in [1.29, 1.82) is 0 Å². The molecule has 1 aliphatic rings. The van der Waals surface area contributed by atoms with E-state index in [1.54, 1.807) is 18.2 Å². The highest BCUT2D eigenvalue weighted by Crippen LogP contribution is 2.38. The monoisotopic (exact) mass is 670 g/mol. The van der Waals surface area contributed by atoms with Gasteiger partial charge in [-0.05, 0) is 87.1 Å². The molecule has 1 aromatic heterocycles. The van der Waals surface area contributed by atoms with Crippen LogP contribution in [0.1, 0.15) is 44.1 Å². The number of nitrogens with zero attached hydrogens (tertiary/aromatic N) is 1. The number of rotatable bonds is 12. The van der Waals surface area contributed by atoms with Crippen molar-refractivity contribution in [2.24, 2.45) is 5.73 Å². The largest absolute Gasteiger partial charge is 0.493 e. The van der Waals surface area contributed by atoms with E-state index in [2.05, 4.69) is 15.6 Å². The number of hydrogen-bond donors (Lipinski definition) is 3. The van der Waals surface area contributed by atoms with Crippen LogP contribution in [0.2, 0.25) is 0 Å². The number of pyridine rings is 1. The zero-order valence-electron chi connectivity index (χ0n) is 25.9. The van der Waals surface area contributed by atoms with Gasteiger partial charge in [0.15, 0.2) is 23.1 Å². The van der Waals surface area contributed by atoms with Gasteiger partial charge in [0.05, 0.1) is 24.8 Å². The maximum atomic E-state index is 15.1. The number of aromatic nitrogens is 1. The van der Waals surface area contributed by atoms with Crippen LogP contribution >= 0.6 is 0 Å². The molecule has 0 radical (unpaired) electrons. The van der Waals surface area contributed by atoms with Crippen LogP contribution in [0, 0.1) is 5.82 Å². The van der Waals surface area contributed by atoms with Crippen molar-refractivity contribution in [3.63, 3.8) is 0 Å². The summed E-state index contributed by atoms with van der Waals surface area (Å²) in [6, 6.07) is 11.0. The van der Waals surface area contributed by atoms with E-state index >= 15 is 4.39 Å². The molecule has 14 heteroatoms. The van der Waals surface area contributed by atoms with Gasteiger partial charge >= 0.3 is 18.2 Å². The minimum atomic E-state index is -4.50. The van der Waals surface area contributed by atoms with Gasteiger partial charge in [-0.25, -0.2) is 9.18 Å². The maximum Gasteiger partial charge on any atom is 0.416 e. The molecule has 48 heavy (non-hydrogen) atoms. The van der Waals surface area contributed by atoms with Crippen LogP contribution in [-0.2, 0) is 15.7 Å². The fourth-order valence-electron chi connectivity index (χ4n) is 5.17. The predicted octanol–water partition coefficient (Wildman–Crippen LogP) is 7.81. The molecular weight excluding hydrogens is 636 g/mol. The third-order valence-corrected chi connectivity index (χ3v) is 7.67. The number of esters is 1. The molecule has 0 spiro atoms. The second-order valence-electron chi connectivity index (χ2n) is 11.2. The number of carbonyl (C=O) groups is 2. The van der Waals surface area contributed by atoms with Crippen molar-refractivity contribution in [3.05, 3.63) is 78.2 Å². The minimum Gasteiger partial charge on any atom is -0.493 e. The molecule has 1 saturated carbocycles. The lowest BCUT2D eigenvalue weighted by Gasteiger charge is -2.16. The Balaban J connectivity index is 1.18. The second-order valence-corrected chi connectivity index (χ2v) is 11.2.